The molecule has 0 radical (unpaired) electrons. The third kappa shape index (κ3) is 4.54. The Balaban J connectivity index is 2.41. The highest BCUT2D eigenvalue weighted by molar-refractivity contribution is 7.89. The lowest BCUT2D eigenvalue weighted by Crippen LogP contribution is -2.46. The van der Waals surface area contributed by atoms with E-state index in [1.54, 1.807) is 4.31 Å². The predicted octanol–water partition coefficient (Wildman–Crippen LogP) is -0.0483. The van der Waals surface area contributed by atoms with E-state index < -0.39 is 10.0 Å². The van der Waals surface area contributed by atoms with Crippen molar-refractivity contribution in [2.45, 2.75) is 25.8 Å². The molecule has 6 heteroatoms. The molecule has 1 N–H and O–H groups in total. The third-order valence-corrected chi connectivity index (χ3v) is 5.21. The lowest BCUT2D eigenvalue weighted by atomic mass is 10.1. The van der Waals surface area contributed by atoms with Crippen molar-refractivity contribution in [3.05, 3.63) is 0 Å². The molecule has 1 heterocycles. The molecule has 0 aromatic rings. The molecule has 1 aliphatic rings. The zero-order chi connectivity index (χ0) is 12.9. The van der Waals surface area contributed by atoms with Crippen LogP contribution < -0.4 is 5.32 Å². The van der Waals surface area contributed by atoms with Crippen LogP contribution in [0.3, 0.4) is 0 Å². The van der Waals surface area contributed by atoms with Crippen molar-refractivity contribution in [3.8, 4) is 0 Å². The van der Waals surface area contributed by atoms with Gasteiger partial charge in [-0.25, -0.2) is 12.7 Å². The van der Waals surface area contributed by atoms with Crippen molar-refractivity contribution in [1.82, 2.24) is 14.5 Å². The van der Waals surface area contributed by atoms with E-state index in [0.29, 0.717) is 25.7 Å². The van der Waals surface area contributed by atoms with Gasteiger partial charge >= 0.3 is 0 Å². The van der Waals surface area contributed by atoms with Gasteiger partial charge < -0.3 is 10.2 Å². The van der Waals surface area contributed by atoms with Crippen molar-refractivity contribution < 1.29 is 8.42 Å². The van der Waals surface area contributed by atoms with Crippen LogP contribution in [0, 0.1) is 0 Å². The van der Waals surface area contributed by atoms with Gasteiger partial charge in [0.15, 0.2) is 0 Å². The molecule has 1 aliphatic heterocycles. The Hall–Kier alpha value is -0.170. The van der Waals surface area contributed by atoms with Gasteiger partial charge in [0.25, 0.3) is 0 Å². The smallest absolute Gasteiger partial charge is 0.215 e. The molecule has 0 saturated carbocycles. The number of rotatable bonds is 6. The minimum Gasteiger partial charge on any atom is -0.316 e. The number of nitrogens with one attached hydrogen (secondary N) is 1. The summed E-state index contributed by atoms with van der Waals surface area (Å²) in [5.41, 5.74) is 0. The average molecular weight is 263 g/mol. The summed E-state index contributed by atoms with van der Waals surface area (Å²) in [6, 6.07) is 0.523. The van der Waals surface area contributed by atoms with Crippen LogP contribution in [0.1, 0.15) is 19.8 Å². The molecule has 5 nitrogen and oxygen atoms in total. The highest BCUT2D eigenvalue weighted by Crippen LogP contribution is 2.17. The first kappa shape index (κ1) is 14.9. The summed E-state index contributed by atoms with van der Waals surface area (Å²) in [7, 11) is 1.06. The van der Waals surface area contributed by atoms with Crippen LogP contribution in [0.2, 0.25) is 0 Å². The molecule has 17 heavy (non-hydrogen) atoms. The molecule has 0 amide bonds. The van der Waals surface area contributed by atoms with E-state index in [1.165, 1.54) is 0 Å². The van der Waals surface area contributed by atoms with Gasteiger partial charge in [0.05, 0.1) is 5.75 Å². The van der Waals surface area contributed by atoms with Gasteiger partial charge in [-0.1, -0.05) is 6.92 Å². The molecule has 0 aliphatic carbocycles. The summed E-state index contributed by atoms with van der Waals surface area (Å²) < 4.78 is 25.7. The number of hydrogen-bond donors (Lipinski definition) is 1. The molecule has 0 atom stereocenters. The molecule has 0 unspecified atom stereocenters. The maximum Gasteiger partial charge on any atom is 0.215 e. The van der Waals surface area contributed by atoms with Crippen molar-refractivity contribution in [1.29, 1.82) is 0 Å². The van der Waals surface area contributed by atoms with E-state index >= 15 is 0 Å². The highest BCUT2D eigenvalue weighted by Gasteiger charge is 2.28. The van der Waals surface area contributed by atoms with Crippen molar-refractivity contribution in [3.63, 3.8) is 0 Å². The van der Waals surface area contributed by atoms with Crippen LogP contribution in [-0.2, 0) is 10.0 Å². The monoisotopic (exact) mass is 263 g/mol. The number of hydrogen-bond acceptors (Lipinski definition) is 4. The zero-order valence-electron chi connectivity index (χ0n) is 11.1. The van der Waals surface area contributed by atoms with E-state index in [4.69, 9.17) is 0 Å². The molecule has 0 bridgehead atoms. The maximum atomic E-state index is 12.0. The van der Waals surface area contributed by atoms with E-state index in [2.05, 4.69) is 24.3 Å². The van der Waals surface area contributed by atoms with Gasteiger partial charge in [-0.05, 0) is 33.5 Å². The van der Waals surface area contributed by atoms with Crippen molar-refractivity contribution >= 4 is 10.0 Å². The second-order valence-corrected chi connectivity index (χ2v) is 6.85. The lowest BCUT2D eigenvalue weighted by molar-refractivity contribution is 0.196. The van der Waals surface area contributed by atoms with Gasteiger partial charge in [-0.15, -0.1) is 0 Å². The Kier molecular flexibility index (Phi) is 5.85. The number of nitrogens with zero attached hydrogens (tertiary/aromatic N) is 2. The van der Waals surface area contributed by atoms with Gasteiger partial charge in [-0.3, -0.25) is 0 Å². The van der Waals surface area contributed by atoms with Crippen LogP contribution in [0.15, 0.2) is 0 Å². The fraction of sp³-hybridized carbons (Fsp3) is 1.00. The number of sulfonamides is 1. The van der Waals surface area contributed by atoms with Crippen LogP contribution in [-0.4, -0.2) is 69.7 Å². The Morgan fingerprint density at radius 2 is 1.88 bits per heavy atom. The standard InChI is InChI=1S/C11H25N3O2S/c1-4-12-7-10-17(15,16)14-8-5-11(6-9-14)13(2)3/h11-12H,4-10H2,1-3H3. The first-order valence-corrected chi connectivity index (χ1v) is 7.93. The Morgan fingerprint density at radius 1 is 1.29 bits per heavy atom. The highest BCUT2D eigenvalue weighted by atomic mass is 32.2. The molecule has 0 spiro atoms. The summed E-state index contributed by atoms with van der Waals surface area (Å²) in [6.07, 6.45) is 1.88. The Bertz CT molecular complexity index is 309. The lowest BCUT2D eigenvalue weighted by Gasteiger charge is -2.34. The molecule has 1 rings (SSSR count). The van der Waals surface area contributed by atoms with E-state index in [1.807, 2.05) is 6.92 Å². The molecule has 1 fully saturated rings. The molecule has 0 aromatic carbocycles. The predicted molar refractivity (Wildman–Crippen MR) is 70.6 cm³/mol. The maximum absolute atomic E-state index is 12.0. The van der Waals surface area contributed by atoms with E-state index in [9.17, 15) is 8.42 Å². The van der Waals surface area contributed by atoms with Crippen LogP contribution >= 0.6 is 0 Å². The third-order valence-electron chi connectivity index (χ3n) is 3.33. The normalized spacial score (nSPS) is 20.0. The topological polar surface area (TPSA) is 52.7 Å². The minimum atomic E-state index is -3.05. The average Bonchev–Trinajstić information content (AvgIpc) is 2.29. The molecular weight excluding hydrogens is 238 g/mol. The summed E-state index contributed by atoms with van der Waals surface area (Å²) in [5, 5.41) is 3.06. The molecule has 1 saturated heterocycles. The first-order valence-electron chi connectivity index (χ1n) is 6.32. The van der Waals surface area contributed by atoms with Crippen molar-refractivity contribution in [2.75, 3.05) is 46.0 Å². The van der Waals surface area contributed by atoms with E-state index in [-0.39, 0.29) is 5.75 Å². The second kappa shape index (κ2) is 6.68. The summed E-state index contributed by atoms with van der Waals surface area (Å²) in [5.74, 6) is 0.216. The quantitative estimate of drug-likeness (QED) is 0.683. The van der Waals surface area contributed by atoms with Crippen LogP contribution in [0.4, 0.5) is 0 Å². The van der Waals surface area contributed by atoms with E-state index in [0.717, 1.165) is 19.4 Å². The van der Waals surface area contributed by atoms with Gasteiger partial charge in [0, 0.05) is 25.7 Å². The SMILES string of the molecule is CCNCCS(=O)(=O)N1CCC(N(C)C)CC1. The summed E-state index contributed by atoms with van der Waals surface area (Å²) in [4.78, 5) is 2.18. The minimum absolute atomic E-state index is 0.216. The Morgan fingerprint density at radius 3 is 2.35 bits per heavy atom. The van der Waals surface area contributed by atoms with Gasteiger partial charge in [0.2, 0.25) is 10.0 Å². The van der Waals surface area contributed by atoms with Gasteiger partial charge in [0.1, 0.15) is 0 Å². The second-order valence-electron chi connectivity index (χ2n) is 4.76. The molecular formula is C11H25N3O2S. The molecule has 102 valence electrons. The number of piperidine rings is 1. The summed E-state index contributed by atoms with van der Waals surface area (Å²) in [6.45, 7) is 4.68. The fourth-order valence-electron chi connectivity index (χ4n) is 2.14. The zero-order valence-corrected chi connectivity index (χ0v) is 12.0. The first-order chi connectivity index (χ1) is 7.97. The fourth-order valence-corrected chi connectivity index (χ4v) is 3.57. The summed E-state index contributed by atoms with van der Waals surface area (Å²) >= 11 is 0. The van der Waals surface area contributed by atoms with Gasteiger partial charge in [-0.2, -0.15) is 0 Å². The molecule has 0 aromatic heterocycles. The largest absolute Gasteiger partial charge is 0.316 e. The van der Waals surface area contributed by atoms with Crippen LogP contribution in [0.25, 0.3) is 0 Å². The van der Waals surface area contributed by atoms with Crippen molar-refractivity contribution in [2.24, 2.45) is 0 Å². The van der Waals surface area contributed by atoms with Crippen LogP contribution in [0.5, 0.6) is 0 Å². The Labute approximate surface area is 105 Å².